The van der Waals surface area contributed by atoms with Crippen molar-refractivity contribution in [3.63, 3.8) is 0 Å². The van der Waals surface area contributed by atoms with E-state index in [1.165, 1.54) is 18.4 Å². The fourth-order valence-electron chi connectivity index (χ4n) is 3.92. The number of hydrogen-bond donors (Lipinski definition) is 1. The van der Waals surface area contributed by atoms with Crippen LogP contribution in [0.2, 0.25) is 0 Å². The Morgan fingerprint density at radius 1 is 0.722 bits per heavy atom. The molecule has 0 saturated heterocycles. The lowest BCUT2D eigenvalue weighted by molar-refractivity contribution is -0.118. The first-order valence-corrected chi connectivity index (χ1v) is 12.8. The van der Waals surface area contributed by atoms with Crippen molar-refractivity contribution in [2.24, 2.45) is 0 Å². The van der Waals surface area contributed by atoms with Crippen molar-refractivity contribution in [2.45, 2.75) is 65.3 Å². The Labute approximate surface area is 215 Å². The molecule has 0 saturated carbocycles. The van der Waals surface area contributed by atoms with Gasteiger partial charge in [-0.25, -0.2) is 4.79 Å². The molecule has 0 aromatic heterocycles. The summed E-state index contributed by atoms with van der Waals surface area (Å²) in [5.74, 6) is 5.51. The molecule has 0 atom stereocenters. The average molecular weight is 482 g/mol. The van der Waals surface area contributed by atoms with Gasteiger partial charge >= 0.3 is 5.97 Å². The largest absolute Gasteiger partial charge is 0.478 e. The van der Waals surface area contributed by atoms with E-state index in [4.69, 9.17) is 0 Å². The molecule has 0 aliphatic carbocycles. The number of amides is 1. The van der Waals surface area contributed by atoms with Crippen LogP contribution in [-0.2, 0) is 17.8 Å². The minimum Gasteiger partial charge on any atom is -0.478 e. The van der Waals surface area contributed by atoms with Crippen LogP contribution in [0.5, 0.6) is 0 Å². The third kappa shape index (κ3) is 8.13. The summed E-state index contributed by atoms with van der Waals surface area (Å²) in [6.45, 7) is 4.73. The first-order chi connectivity index (χ1) is 17.5. The first-order valence-electron chi connectivity index (χ1n) is 12.8. The molecule has 0 aliphatic rings. The van der Waals surface area contributed by atoms with Crippen LogP contribution in [0.3, 0.4) is 0 Å². The Bertz CT molecular complexity index is 1180. The molecule has 3 rings (SSSR count). The van der Waals surface area contributed by atoms with E-state index in [-0.39, 0.29) is 11.5 Å². The van der Waals surface area contributed by atoms with Gasteiger partial charge in [-0.1, -0.05) is 69.2 Å². The highest BCUT2D eigenvalue weighted by molar-refractivity contribution is 5.94. The lowest BCUT2D eigenvalue weighted by Crippen LogP contribution is -2.30. The average Bonchev–Trinajstić information content (AvgIpc) is 2.90. The molecule has 0 heterocycles. The van der Waals surface area contributed by atoms with Gasteiger partial charge in [0.2, 0.25) is 5.91 Å². The predicted octanol–water partition coefficient (Wildman–Crippen LogP) is 7.24. The van der Waals surface area contributed by atoms with Gasteiger partial charge in [-0.3, -0.25) is 4.79 Å². The molecular weight excluding hydrogens is 446 g/mol. The highest BCUT2D eigenvalue weighted by atomic mass is 16.4. The third-order valence-electron chi connectivity index (χ3n) is 6.14. The zero-order valence-corrected chi connectivity index (χ0v) is 21.3. The summed E-state index contributed by atoms with van der Waals surface area (Å²) in [5, 5.41) is 9.20. The van der Waals surface area contributed by atoms with E-state index < -0.39 is 5.97 Å². The maximum Gasteiger partial charge on any atom is 0.335 e. The van der Waals surface area contributed by atoms with E-state index >= 15 is 0 Å². The van der Waals surface area contributed by atoms with Crippen LogP contribution in [-0.4, -0.2) is 17.0 Å². The van der Waals surface area contributed by atoms with E-state index in [0.29, 0.717) is 18.7 Å². The maximum atomic E-state index is 13.0. The van der Waals surface area contributed by atoms with Crippen LogP contribution in [0.15, 0.2) is 72.8 Å². The van der Waals surface area contributed by atoms with Crippen molar-refractivity contribution in [1.29, 1.82) is 0 Å². The smallest absolute Gasteiger partial charge is 0.335 e. The molecule has 186 valence electrons. The Kier molecular flexibility index (Phi) is 10.3. The summed E-state index contributed by atoms with van der Waals surface area (Å²) < 4.78 is 0. The molecule has 0 aliphatic heterocycles. The number of benzene rings is 3. The van der Waals surface area contributed by atoms with Crippen LogP contribution in [0, 0.1) is 11.8 Å². The molecule has 1 amide bonds. The molecule has 3 aromatic carbocycles. The summed E-state index contributed by atoms with van der Waals surface area (Å²) in [5.41, 5.74) is 5.15. The number of hydrogen-bond acceptors (Lipinski definition) is 2. The standard InChI is InChI=1S/C32H35NO3/c1-3-5-7-9-31(34)33(30-22-20-29(21-23-30)32(35)36)24-28-18-16-27(17-19-28)15-14-26-12-10-25(11-13-26)8-6-4-2/h10-13,16-23H,3-9,24H2,1-2H3,(H,35,36). The van der Waals surface area contributed by atoms with Gasteiger partial charge in [-0.05, 0) is 78.9 Å². The van der Waals surface area contributed by atoms with Crippen molar-refractivity contribution < 1.29 is 14.7 Å². The van der Waals surface area contributed by atoms with Gasteiger partial charge < -0.3 is 10.0 Å². The number of carbonyl (C=O) groups is 2. The van der Waals surface area contributed by atoms with Crippen molar-refractivity contribution in [1.82, 2.24) is 0 Å². The summed E-state index contributed by atoms with van der Waals surface area (Å²) in [4.78, 5) is 26.0. The van der Waals surface area contributed by atoms with Crippen molar-refractivity contribution in [3.8, 4) is 11.8 Å². The Morgan fingerprint density at radius 3 is 1.81 bits per heavy atom. The predicted molar refractivity (Wildman–Crippen MR) is 146 cm³/mol. The van der Waals surface area contributed by atoms with Crippen LogP contribution < -0.4 is 4.90 Å². The molecule has 4 nitrogen and oxygen atoms in total. The topological polar surface area (TPSA) is 57.6 Å². The molecule has 0 radical (unpaired) electrons. The van der Waals surface area contributed by atoms with Gasteiger partial charge in [0.05, 0.1) is 12.1 Å². The molecule has 0 bridgehead atoms. The number of rotatable bonds is 11. The van der Waals surface area contributed by atoms with Gasteiger partial charge in [0.15, 0.2) is 0 Å². The SMILES string of the molecule is CCCCCC(=O)N(Cc1ccc(C#Cc2ccc(CCCC)cc2)cc1)c1ccc(C(=O)O)cc1. The Morgan fingerprint density at radius 2 is 1.28 bits per heavy atom. The molecule has 0 spiro atoms. The lowest BCUT2D eigenvalue weighted by Gasteiger charge is -2.23. The van der Waals surface area contributed by atoms with Crippen LogP contribution in [0.25, 0.3) is 0 Å². The minimum atomic E-state index is -0.980. The summed E-state index contributed by atoms with van der Waals surface area (Å²) >= 11 is 0. The van der Waals surface area contributed by atoms with Gasteiger partial charge in [-0.15, -0.1) is 0 Å². The summed E-state index contributed by atoms with van der Waals surface area (Å²) in [7, 11) is 0. The normalized spacial score (nSPS) is 10.4. The number of aryl methyl sites for hydroxylation is 1. The Hall–Kier alpha value is -3.84. The second-order valence-electron chi connectivity index (χ2n) is 9.04. The fourth-order valence-corrected chi connectivity index (χ4v) is 3.92. The molecule has 4 heteroatoms. The number of unbranched alkanes of at least 4 members (excludes halogenated alkanes) is 3. The third-order valence-corrected chi connectivity index (χ3v) is 6.14. The quantitative estimate of drug-likeness (QED) is 0.232. The second kappa shape index (κ2) is 13.9. The van der Waals surface area contributed by atoms with Crippen LogP contribution in [0.4, 0.5) is 5.69 Å². The zero-order chi connectivity index (χ0) is 25.8. The monoisotopic (exact) mass is 481 g/mol. The van der Waals surface area contributed by atoms with Crippen LogP contribution in [0.1, 0.15) is 85.0 Å². The molecule has 36 heavy (non-hydrogen) atoms. The highest BCUT2D eigenvalue weighted by Gasteiger charge is 2.16. The number of carboxylic acid groups (broad SMARTS) is 1. The van der Waals surface area contributed by atoms with Crippen molar-refractivity contribution >= 4 is 17.6 Å². The molecule has 3 aromatic rings. The summed E-state index contributed by atoms with van der Waals surface area (Å²) in [6, 6.07) is 22.9. The van der Waals surface area contributed by atoms with Gasteiger partial charge in [0.25, 0.3) is 0 Å². The Balaban J connectivity index is 1.71. The van der Waals surface area contributed by atoms with E-state index in [9.17, 15) is 14.7 Å². The maximum absolute atomic E-state index is 13.0. The second-order valence-corrected chi connectivity index (χ2v) is 9.04. The van der Waals surface area contributed by atoms with E-state index in [1.807, 2.05) is 24.3 Å². The first kappa shape index (κ1) is 26.8. The van der Waals surface area contributed by atoms with Gasteiger partial charge in [0, 0.05) is 23.2 Å². The molecule has 0 fully saturated rings. The van der Waals surface area contributed by atoms with Crippen LogP contribution >= 0.6 is 0 Å². The van der Waals surface area contributed by atoms with Crippen molar-refractivity contribution in [3.05, 3.63) is 101 Å². The zero-order valence-electron chi connectivity index (χ0n) is 21.3. The molecule has 1 N–H and O–H groups in total. The van der Waals surface area contributed by atoms with E-state index in [0.717, 1.165) is 42.4 Å². The lowest BCUT2D eigenvalue weighted by atomic mass is 10.1. The minimum absolute atomic E-state index is 0.0396. The summed E-state index contributed by atoms with van der Waals surface area (Å²) in [6.07, 6.45) is 6.86. The molecular formula is C32H35NO3. The van der Waals surface area contributed by atoms with Gasteiger partial charge in [-0.2, -0.15) is 0 Å². The van der Waals surface area contributed by atoms with Crippen molar-refractivity contribution in [2.75, 3.05) is 4.90 Å². The number of nitrogens with zero attached hydrogens (tertiary/aromatic N) is 1. The number of carboxylic acids is 1. The van der Waals surface area contributed by atoms with E-state index in [1.54, 1.807) is 29.2 Å². The fraction of sp³-hybridized carbons (Fsp3) is 0.312. The van der Waals surface area contributed by atoms with E-state index in [2.05, 4.69) is 50.0 Å². The number of carbonyl (C=O) groups excluding carboxylic acids is 1. The van der Waals surface area contributed by atoms with Gasteiger partial charge in [0.1, 0.15) is 0 Å². The highest BCUT2D eigenvalue weighted by Crippen LogP contribution is 2.21. The number of aromatic carboxylic acids is 1. The molecule has 0 unspecified atom stereocenters. The number of anilines is 1.